The van der Waals surface area contributed by atoms with Gasteiger partial charge in [0.25, 0.3) is 5.82 Å². The number of carbonyl (C=O) groups is 1. The molecule has 2 rings (SSSR count). The van der Waals surface area contributed by atoms with Gasteiger partial charge in [0.15, 0.2) is 0 Å². The molecule has 0 aliphatic rings. The fourth-order valence-corrected chi connectivity index (χ4v) is 2.30. The van der Waals surface area contributed by atoms with Crippen LogP contribution in [0.2, 0.25) is 0 Å². The van der Waals surface area contributed by atoms with Gasteiger partial charge in [-0.2, -0.15) is 0 Å². The van der Waals surface area contributed by atoms with Gasteiger partial charge in [0, 0.05) is 6.42 Å². The first-order valence-electron chi connectivity index (χ1n) is 6.97. The summed E-state index contributed by atoms with van der Waals surface area (Å²) in [5, 5.41) is 8.90. The number of carboxylic acid groups (broad SMARTS) is 1. The Morgan fingerprint density at radius 1 is 1.30 bits per heavy atom. The number of hydrogen-bond acceptors (Lipinski definition) is 1. The Morgan fingerprint density at radius 3 is 2.60 bits per heavy atom. The molecule has 0 radical (unpaired) electrons. The van der Waals surface area contributed by atoms with Gasteiger partial charge in [-0.3, -0.25) is 0 Å². The molecule has 20 heavy (non-hydrogen) atoms. The molecule has 0 aliphatic carbocycles. The van der Waals surface area contributed by atoms with Crippen molar-refractivity contribution in [3.8, 4) is 0 Å². The van der Waals surface area contributed by atoms with Crippen molar-refractivity contribution in [1.29, 1.82) is 0 Å². The summed E-state index contributed by atoms with van der Waals surface area (Å²) < 4.78 is 4.38. The second-order valence-corrected chi connectivity index (χ2v) is 5.06. The molecule has 1 N–H and O–H groups in total. The number of benzene rings is 1. The number of aryl methyl sites for hydroxylation is 1. The van der Waals surface area contributed by atoms with Crippen molar-refractivity contribution < 1.29 is 14.5 Å². The predicted octanol–water partition coefficient (Wildman–Crippen LogP) is 2.40. The maximum absolute atomic E-state index is 10.8. The molecule has 0 saturated carbocycles. The van der Waals surface area contributed by atoms with Gasteiger partial charge in [-0.1, -0.05) is 25.5 Å². The Hall–Kier alpha value is -2.10. The quantitative estimate of drug-likeness (QED) is 0.821. The molecule has 106 valence electrons. The Labute approximate surface area is 119 Å². The van der Waals surface area contributed by atoms with Gasteiger partial charge in [0.2, 0.25) is 0 Å². The lowest BCUT2D eigenvalue weighted by Gasteiger charge is -2.03. The molecule has 1 heterocycles. The smallest absolute Gasteiger partial charge is 0.335 e. The molecule has 0 amide bonds. The second-order valence-electron chi connectivity index (χ2n) is 5.06. The molecule has 2 aromatic rings. The molecule has 0 bridgehead atoms. The van der Waals surface area contributed by atoms with Crippen molar-refractivity contribution >= 4 is 5.97 Å². The SMILES string of the molecule is CCCCc1n(Cc2ccc(C(=O)O)cc2)cc[n+]1C. The van der Waals surface area contributed by atoms with Gasteiger partial charge in [0.1, 0.15) is 18.9 Å². The fourth-order valence-electron chi connectivity index (χ4n) is 2.30. The van der Waals surface area contributed by atoms with E-state index in [9.17, 15) is 4.79 Å². The molecule has 0 spiro atoms. The van der Waals surface area contributed by atoms with Crippen molar-refractivity contribution in [3.63, 3.8) is 0 Å². The maximum atomic E-state index is 10.8. The van der Waals surface area contributed by atoms with Crippen LogP contribution < -0.4 is 4.57 Å². The van der Waals surface area contributed by atoms with E-state index in [-0.39, 0.29) is 0 Å². The van der Waals surface area contributed by atoms with Gasteiger partial charge < -0.3 is 5.11 Å². The second kappa shape index (κ2) is 6.37. The van der Waals surface area contributed by atoms with Gasteiger partial charge in [-0.05, 0) is 24.1 Å². The minimum Gasteiger partial charge on any atom is -0.478 e. The van der Waals surface area contributed by atoms with Crippen LogP contribution in [0.3, 0.4) is 0 Å². The predicted molar refractivity (Wildman–Crippen MR) is 76.7 cm³/mol. The van der Waals surface area contributed by atoms with Gasteiger partial charge in [-0.15, -0.1) is 0 Å². The Balaban J connectivity index is 2.15. The number of aromatic carboxylic acids is 1. The van der Waals surface area contributed by atoms with Gasteiger partial charge in [-0.25, -0.2) is 13.9 Å². The molecule has 4 nitrogen and oxygen atoms in total. The topological polar surface area (TPSA) is 46.1 Å². The van der Waals surface area contributed by atoms with Crippen LogP contribution in [-0.2, 0) is 20.0 Å². The lowest BCUT2D eigenvalue weighted by atomic mass is 10.1. The molecule has 0 saturated heterocycles. The summed E-state index contributed by atoms with van der Waals surface area (Å²) in [7, 11) is 2.06. The molecule has 1 aromatic carbocycles. The Bertz CT molecular complexity index is 585. The van der Waals surface area contributed by atoms with E-state index in [1.54, 1.807) is 12.1 Å². The van der Waals surface area contributed by atoms with Crippen LogP contribution in [0.15, 0.2) is 36.7 Å². The number of unbranched alkanes of at least 4 members (excludes halogenated alkanes) is 1. The molecule has 0 atom stereocenters. The summed E-state index contributed by atoms with van der Waals surface area (Å²) in [5.74, 6) is 0.418. The van der Waals surface area contributed by atoms with Crippen LogP contribution in [0.4, 0.5) is 0 Å². The van der Waals surface area contributed by atoms with Crippen LogP contribution >= 0.6 is 0 Å². The van der Waals surface area contributed by atoms with E-state index in [2.05, 4.69) is 35.5 Å². The van der Waals surface area contributed by atoms with Crippen molar-refractivity contribution in [3.05, 3.63) is 53.6 Å². The van der Waals surface area contributed by atoms with Crippen molar-refractivity contribution in [2.45, 2.75) is 32.7 Å². The van der Waals surface area contributed by atoms with E-state index < -0.39 is 5.97 Å². The maximum Gasteiger partial charge on any atom is 0.335 e. The Morgan fingerprint density at radius 2 is 2.00 bits per heavy atom. The molecule has 0 aliphatic heterocycles. The third kappa shape index (κ3) is 3.26. The summed E-state index contributed by atoms with van der Waals surface area (Å²) in [6.45, 7) is 2.97. The van der Waals surface area contributed by atoms with E-state index in [1.807, 2.05) is 12.1 Å². The zero-order chi connectivity index (χ0) is 14.5. The fraction of sp³-hybridized carbons (Fsp3) is 0.375. The van der Waals surface area contributed by atoms with E-state index >= 15 is 0 Å². The third-order valence-electron chi connectivity index (χ3n) is 3.52. The summed E-state index contributed by atoms with van der Waals surface area (Å²) in [4.78, 5) is 10.8. The number of imidazole rings is 1. The van der Waals surface area contributed by atoms with Gasteiger partial charge in [0.05, 0.1) is 12.6 Å². The van der Waals surface area contributed by atoms with E-state index in [4.69, 9.17) is 5.11 Å². The van der Waals surface area contributed by atoms with Crippen LogP contribution in [0, 0.1) is 0 Å². The van der Waals surface area contributed by atoms with Crippen molar-refractivity contribution in [1.82, 2.24) is 4.57 Å². The summed E-state index contributed by atoms with van der Waals surface area (Å²) in [6.07, 6.45) is 7.56. The highest BCUT2D eigenvalue weighted by atomic mass is 16.4. The Kier molecular flexibility index (Phi) is 4.56. The lowest BCUT2D eigenvalue weighted by molar-refractivity contribution is -0.678. The zero-order valence-corrected chi connectivity index (χ0v) is 12.0. The van der Waals surface area contributed by atoms with E-state index in [1.165, 1.54) is 18.7 Å². The largest absolute Gasteiger partial charge is 0.478 e. The number of hydrogen-bond donors (Lipinski definition) is 1. The monoisotopic (exact) mass is 273 g/mol. The molecule has 0 unspecified atom stereocenters. The highest BCUT2D eigenvalue weighted by Crippen LogP contribution is 2.09. The number of nitrogens with zero attached hydrogens (tertiary/aromatic N) is 2. The molecule has 4 heteroatoms. The first kappa shape index (κ1) is 14.3. The highest BCUT2D eigenvalue weighted by molar-refractivity contribution is 5.87. The molecule has 0 fully saturated rings. The average molecular weight is 273 g/mol. The normalized spacial score (nSPS) is 10.7. The number of aromatic nitrogens is 2. The molecular formula is C16H21N2O2+. The van der Waals surface area contributed by atoms with E-state index in [0.717, 1.165) is 18.5 Å². The number of carboxylic acids is 1. The number of rotatable bonds is 6. The van der Waals surface area contributed by atoms with E-state index in [0.29, 0.717) is 5.56 Å². The molecule has 1 aromatic heterocycles. The van der Waals surface area contributed by atoms with Gasteiger partial charge >= 0.3 is 5.97 Å². The highest BCUT2D eigenvalue weighted by Gasteiger charge is 2.14. The van der Waals surface area contributed by atoms with Crippen LogP contribution in [0.25, 0.3) is 0 Å². The standard InChI is InChI=1S/C16H20N2O2/c1-3-4-5-15-17(2)10-11-18(15)12-13-6-8-14(9-7-13)16(19)20/h6-11H,3-5,12H2,1-2H3/p+1. The minimum absolute atomic E-state index is 0.331. The van der Waals surface area contributed by atoms with Crippen molar-refractivity contribution in [2.75, 3.05) is 0 Å². The zero-order valence-electron chi connectivity index (χ0n) is 12.0. The summed E-state index contributed by atoms with van der Waals surface area (Å²) >= 11 is 0. The molecular weight excluding hydrogens is 252 g/mol. The van der Waals surface area contributed by atoms with Crippen molar-refractivity contribution in [2.24, 2.45) is 7.05 Å². The lowest BCUT2D eigenvalue weighted by Crippen LogP contribution is -2.32. The first-order chi connectivity index (χ1) is 9.61. The first-order valence-corrected chi connectivity index (χ1v) is 6.97. The average Bonchev–Trinajstić information content (AvgIpc) is 2.78. The van der Waals surface area contributed by atoms with Crippen LogP contribution in [0.1, 0.15) is 41.5 Å². The summed E-state index contributed by atoms with van der Waals surface area (Å²) in [5.41, 5.74) is 1.45. The van der Waals surface area contributed by atoms with Crippen LogP contribution in [-0.4, -0.2) is 15.6 Å². The third-order valence-corrected chi connectivity index (χ3v) is 3.52. The van der Waals surface area contributed by atoms with Crippen LogP contribution in [0.5, 0.6) is 0 Å². The minimum atomic E-state index is -0.882. The summed E-state index contributed by atoms with van der Waals surface area (Å²) in [6, 6.07) is 7.08.